The molecule has 12 N–H and O–H groups in total. The second-order valence-corrected chi connectivity index (χ2v) is 14.7. The zero-order valence-corrected chi connectivity index (χ0v) is 33.7. The predicted octanol–water partition coefficient (Wildman–Crippen LogP) is 0.471. The smallest absolute Gasteiger partial charge is 0.328 e. The van der Waals surface area contributed by atoms with Crippen molar-refractivity contribution in [1.82, 2.24) is 31.6 Å². The molecule has 1 heterocycles. The Hall–Kier alpha value is -5.75. The Morgan fingerprint density at radius 2 is 1.14 bits per heavy atom. The Balaban J connectivity index is 1.67. The number of aromatic amines is 1. The molecule has 16 nitrogen and oxygen atoms in total. The highest BCUT2D eigenvalue weighted by Crippen LogP contribution is 2.20. The highest BCUT2D eigenvalue weighted by Gasteiger charge is 2.34. The number of hydrogen-bond acceptors (Lipinski definition) is 10. The van der Waals surface area contributed by atoms with E-state index in [1.54, 1.807) is 60.8 Å². The Labute approximate surface area is 348 Å². The molecule has 3 aromatic carbocycles. The van der Waals surface area contributed by atoms with Crippen LogP contribution in [0, 0.1) is 0 Å². The topological polar surface area (TPSA) is 271 Å². The molecule has 0 fully saturated rings. The Bertz CT molecular complexity index is 2020. The predicted molar refractivity (Wildman–Crippen MR) is 226 cm³/mol. The summed E-state index contributed by atoms with van der Waals surface area (Å²) < 4.78 is 0. The number of unbranched alkanes of at least 4 members (excludes halogenated alkanes) is 1. The number of nitrogens with two attached hydrogens (primary N) is 2. The Morgan fingerprint density at radius 1 is 0.661 bits per heavy atom. The van der Waals surface area contributed by atoms with E-state index in [0.29, 0.717) is 30.5 Å². The summed E-state index contributed by atoms with van der Waals surface area (Å²) in [6.07, 6.45) is 1.27. The van der Waals surface area contributed by atoms with Gasteiger partial charge < -0.3 is 53.2 Å². The molecule has 4 rings (SSSR count). The molecule has 1 aromatic heterocycles. The number of carbonyl (C=O) groups excluding carboxylic acids is 5. The number of carbonyl (C=O) groups is 6. The number of carboxylic acids is 1. The van der Waals surface area contributed by atoms with Crippen LogP contribution >= 0.6 is 12.6 Å². The number of para-hydroxylation sites is 1. The quantitative estimate of drug-likeness (QED) is 0.0364. The fraction of sp³-hybridized carbons (Fsp3) is 0.381. The summed E-state index contributed by atoms with van der Waals surface area (Å²) in [6, 6.07) is 17.6. The molecule has 0 aliphatic rings. The summed E-state index contributed by atoms with van der Waals surface area (Å²) in [7, 11) is 0. The monoisotopic (exact) mass is 830 g/mol. The first-order valence-corrected chi connectivity index (χ1v) is 20.1. The number of benzene rings is 3. The van der Waals surface area contributed by atoms with E-state index in [-0.39, 0.29) is 31.4 Å². The molecule has 0 saturated carbocycles. The van der Waals surface area contributed by atoms with Gasteiger partial charge in [0.1, 0.15) is 24.2 Å². The van der Waals surface area contributed by atoms with Gasteiger partial charge in [-0.25, -0.2) is 4.79 Å². The van der Waals surface area contributed by atoms with Crippen LogP contribution in [0.15, 0.2) is 91.1 Å². The van der Waals surface area contributed by atoms with Gasteiger partial charge in [-0.2, -0.15) is 12.6 Å². The van der Waals surface area contributed by atoms with Gasteiger partial charge in [-0.15, -0.1) is 0 Å². The molecular weight excluding hydrogens is 777 g/mol. The lowest BCUT2D eigenvalue weighted by atomic mass is 10.00. The average Bonchev–Trinajstić information content (AvgIpc) is 3.64. The van der Waals surface area contributed by atoms with Crippen molar-refractivity contribution in [2.24, 2.45) is 11.5 Å². The van der Waals surface area contributed by atoms with E-state index < -0.39 is 77.9 Å². The van der Waals surface area contributed by atoms with Crippen LogP contribution in [0.1, 0.15) is 42.9 Å². The molecule has 0 aliphatic heterocycles. The summed E-state index contributed by atoms with van der Waals surface area (Å²) in [4.78, 5) is 84.2. The van der Waals surface area contributed by atoms with Crippen molar-refractivity contribution >= 4 is 59.0 Å². The van der Waals surface area contributed by atoms with Crippen molar-refractivity contribution in [2.45, 2.75) is 87.8 Å². The zero-order chi connectivity index (χ0) is 42.9. The molecular formula is C42H54N8O8S. The first-order chi connectivity index (χ1) is 28.3. The number of aliphatic hydroxyl groups excluding tert-OH is 1. The van der Waals surface area contributed by atoms with Crippen LogP contribution in [-0.4, -0.2) is 105 Å². The third-order valence-electron chi connectivity index (χ3n) is 9.72. The fourth-order valence-electron chi connectivity index (χ4n) is 6.43. The van der Waals surface area contributed by atoms with E-state index in [1.165, 1.54) is 6.92 Å². The second-order valence-electron chi connectivity index (χ2n) is 14.3. The molecule has 0 unspecified atom stereocenters. The van der Waals surface area contributed by atoms with Gasteiger partial charge >= 0.3 is 5.97 Å². The Kier molecular flexibility index (Phi) is 17.9. The van der Waals surface area contributed by atoms with Crippen molar-refractivity contribution < 1.29 is 39.0 Å². The number of H-pyrrole nitrogens is 1. The number of aliphatic carboxylic acids is 1. The maximum Gasteiger partial charge on any atom is 0.328 e. The lowest BCUT2D eigenvalue weighted by molar-refractivity contribution is -0.145. The van der Waals surface area contributed by atoms with E-state index in [0.717, 1.165) is 16.5 Å². The molecule has 17 heteroatoms. The summed E-state index contributed by atoms with van der Waals surface area (Å²) in [6.45, 7) is 1.52. The summed E-state index contributed by atoms with van der Waals surface area (Å²) in [5.41, 5.74) is 14.5. The molecule has 0 aliphatic carbocycles. The maximum absolute atomic E-state index is 14.5. The zero-order valence-electron chi connectivity index (χ0n) is 32.8. The average molecular weight is 831 g/mol. The summed E-state index contributed by atoms with van der Waals surface area (Å²) in [5.74, 6) is -5.07. The number of aromatic nitrogens is 1. The van der Waals surface area contributed by atoms with Gasteiger partial charge in [-0.3, -0.25) is 24.0 Å². The van der Waals surface area contributed by atoms with Crippen molar-refractivity contribution in [3.63, 3.8) is 0 Å². The highest BCUT2D eigenvalue weighted by molar-refractivity contribution is 7.80. The van der Waals surface area contributed by atoms with E-state index >= 15 is 0 Å². The van der Waals surface area contributed by atoms with Crippen LogP contribution in [-0.2, 0) is 48.0 Å². The van der Waals surface area contributed by atoms with Crippen LogP contribution in [0.3, 0.4) is 0 Å². The molecule has 0 radical (unpaired) electrons. The van der Waals surface area contributed by atoms with E-state index in [4.69, 9.17) is 11.5 Å². The minimum atomic E-state index is -1.65. The van der Waals surface area contributed by atoms with E-state index in [9.17, 15) is 39.0 Å². The van der Waals surface area contributed by atoms with E-state index in [1.807, 2.05) is 30.3 Å². The minimum Gasteiger partial charge on any atom is -0.480 e. The summed E-state index contributed by atoms with van der Waals surface area (Å²) >= 11 is 4.11. The Morgan fingerprint density at radius 3 is 1.64 bits per heavy atom. The van der Waals surface area contributed by atoms with Crippen LogP contribution in [0.25, 0.3) is 10.9 Å². The lowest BCUT2D eigenvalue weighted by Crippen LogP contribution is -2.60. The van der Waals surface area contributed by atoms with Gasteiger partial charge in [-0.05, 0) is 55.5 Å². The molecule has 0 bridgehead atoms. The molecule has 0 spiro atoms. The second kappa shape index (κ2) is 23.0. The van der Waals surface area contributed by atoms with Crippen LogP contribution in [0.4, 0.5) is 0 Å². The standard InChI is InChI=1S/C42H54N8O8S/c1-25(51)36(42(57)58)50-38(53)32(18-10-11-19-43)46-41(56)35(22-28-23-45-31-17-9-8-16-29(28)31)49-40(55)34(21-27-14-6-3-7-15-27)48-39(54)33(47-37(52)30(44)24-59)20-26-12-4-2-5-13-26/h2-9,12-17,23,25,30,32-36,45,51,59H,10-11,18-22,24,43-44H2,1H3,(H,46,56)(H,47,52)(H,48,54)(H,49,55)(H,50,53)(H,57,58)/t25-,30+,32+,33+,34+,35-,36+/m1/s1. The third kappa shape index (κ3) is 14.0. The fourth-order valence-corrected chi connectivity index (χ4v) is 6.60. The van der Waals surface area contributed by atoms with Gasteiger partial charge in [0.05, 0.1) is 12.1 Å². The molecule has 4 aromatic rings. The SMILES string of the molecule is C[C@@H](O)[C@H](NC(=O)[C@H](CCCCN)NC(=O)[C@@H](Cc1c[nH]c2ccccc12)NC(=O)[C@H](Cc1ccccc1)NC(=O)[C@H](Cc1ccccc1)NC(=O)[C@@H](N)CS)C(=O)O. The van der Waals surface area contributed by atoms with Crippen molar-refractivity contribution in [2.75, 3.05) is 12.3 Å². The lowest BCUT2D eigenvalue weighted by Gasteiger charge is -2.27. The largest absolute Gasteiger partial charge is 0.480 e. The number of aliphatic hydroxyl groups is 1. The van der Waals surface area contributed by atoms with Crippen molar-refractivity contribution in [1.29, 1.82) is 0 Å². The number of nitrogens with one attached hydrogen (secondary N) is 6. The van der Waals surface area contributed by atoms with Crippen molar-refractivity contribution in [3.05, 3.63) is 108 Å². The maximum atomic E-state index is 14.5. The van der Waals surface area contributed by atoms with Crippen molar-refractivity contribution in [3.8, 4) is 0 Å². The van der Waals surface area contributed by atoms with Crippen LogP contribution < -0.4 is 38.1 Å². The van der Waals surface area contributed by atoms with Crippen LogP contribution in [0.2, 0.25) is 0 Å². The highest BCUT2D eigenvalue weighted by atomic mass is 32.1. The third-order valence-corrected chi connectivity index (χ3v) is 10.1. The minimum absolute atomic E-state index is 0.00202. The van der Waals surface area contributed by atoms with E-state index in [2.05, 4.69) is 44.2 Å². The normalized spacial score (nSPS) is 14.7. The number of amides is 5. The summed E-state index contributed by atoms with van der Waals surface area (Å²) in [5, 5.41) is 33.7. The van der Waals surface area contributed by atoms with Gasteiger partial charge in [0.15, 0.2) is 6.04 Å². The molecule has 5 amide bonds. The molecule has 59 heavy (non-hydrogen) atoms. The van der Waals surface area contributed by atoms with Gasteiger partial charge in [0.2, 0.25) is 29.5 Å². The van der Waals surface area contributed by atoms with Gasteiger partial charge in [-0.1, -0.05) is 78.9 Å². The number of carboxylic acid groups (broad SMARTS) is 1. The van der Waals surface area contributed by atoms with Gasteiger partial charge in [0, 0.05) is 42.1 Å². The number of thiol groups is 1. The van der Waals surface area contributed by atoms with Gasteiger partial charge in [0.25, 0.3) is 0 Å². The number of hydrogen-bond donors (Lipinski definition) is 11. The first kappa shape index (κ1) is 45.9. The number of fused-ring (bicyclic) bond motifs is 1. The van der Waals surface area contributed by atoms with Crippen LogP contribution in [0.5, 0.6) is 0 Å². The first-order valence-electron chi connectivity index (χ1n) is 19.4. The number of rotatable bonds is 23. The molecule has 316 valence electrons. The molecule has 0 saturated heterocycles. The molecule has 7 atom stereocenters.